The van der Waals surface area contributed by atoms with Crippen molar-refractivity contribution in [2.45, 2.75) is 58.0 Å². The molecule has 0 fully saturated rings. The van der Waals surface area contributed by atoms with Gasteiger partial charge in [0, 0.05) is 5.60 Å². The van der Waals surface area contributed by atoms with Crippen molar-refractivity contribution in [2.24, 2.45) is 0 Å². The summed E-state index contributed by atoms with van der Waals surface area (Å²) in [4.78, 5) is 0. The van der Waals surface area contributed by atoms with Crippen molar-refractivity contribution in [3.8, 4) is 0 Å². The molecule has 0 amide bonds. The lowest BCUT2D eigenvalue weighted by Gasteiger charge is -2.22. The van der Waals surface area contributed by atoms with Crippen molar-refractivity contribution in [1.29, 1.82) is 0 Å². The average molecular weight is 319 g/mol. The second-order valence-electron chi connectivity index (χ2n) is 5.74. The van der Waals surface area contributed by atoms with E-state index in [0.717, 1.165) is 31.7 Å². The Morgan fingerprint density at radius 3 is 2.19 bits per heavy atom. The van der Waals surface area contributed by atoms with Gasteiger partial charge in [0.25, 0.3) is 0 Å². The minimum absolute atomic E-state index is 0.116. The highest BCUT2D eigenvalue weighted by molar-refractivity contribution is 5.98. The maximum absolute atomic E-state index is 13.4. The maximum atomic E-state index is 13.4. The van der Waals surface area contributed by atoms with Crippen molar-refractivity contribution < 1.29 is 22.0 Å². The van der Waals surface area contributed by atoms with Crippen molar-refractivity contribution in [3.05, 3.63) is 34.9 Å². The Labute approximate surface area is 126 Å². The van der Waals surface area contributed by atoms with Crippen LogP contribution in [0.3, 0.4) is 0 Å². The van der Waals surface area contributed by atoms with Crippen LogP contribution in [-0.2, 0) is 10.8 Å². The molecule has 0 aliphatic heterocycles. The zero-order chi connectivity index (χ0) is 16.0. The van der Waals surface area contributed by atoms with Crippen LogP contribution in [0.5, 0.6) is 0 Å². The molecule has 0 atom stereocenters. The van der Waals surface area contributed by atoms with Gasteiger partial charge in [0.05, 0.1) is 0 Å². The second kappa shape index (κ2) is 7.94. The third-order valence-electron chi connectivity index (χ3n) is 3.43. The predicted octanol–water partition coefficient (Wildman–Crippen LogP) is 4.61. The molecule has 0 N–H and O–H groups in total. The summed E-state index contributed by atoms with van der Waals surface area (Å²) in [6.07, 6.45) is 4.30. The van der Waals surface area contributed by atoms with Gasteiger partial charge in [-0.1, -0.05) is 19.3 Å². The fourth-order valence-electron chi connectivity index (χ4n) is 2.07. The van der Waals surface area contributed by atoms with Gasteiger partial charge in [-0.25, -0.2) is 17.6 Å². The molecule has 0 unspecified atom stereocenters. The summed E-state index contributed by atoms with van der Waals surface area (Å²) in [7, 11) is 3.02. The van der Waals surface area contributed by atoms with Gasteiger partial charge in [0.2, 0.25) is 10.5 Å². The fraction of sp³-hybridized carbons (Fsp3) is 0.600. The Kier molecular flexibility index (Phi) is 6.87. The SMILES string of the molecule is CC(C)(CCCCCCc1cc(F)c(F)c(F)c1F)O[Si]. The molecule has 117 valence electrons. The summed E-state index contributed by atoms with van der Waals surface area (Å²) in [5.41, 5.74) is -0.359. The molecule has 1 rings (SSSR count). The first kappa shape index (κ1) is 18.2. The first-order valence-electron chi connectivity index (χ1n) is 6.95. The van der Waals surface area contributed by atoms with Crippen LogP contribution in [0.4, 0.5) is 17.6 Å². The topological polar surface area (TPSA) is 9.23 Å². The molecule has 0 aliphatic rings. The van der Waals surface area contributed by atoms with Crippen molar-refractivity contribution in [2.75, 3.05) is 0 Å². The van der Waals surface area contributed by atoms with Crippen molar-refractivity contribution in [3.63, 3.8) is 0 Å². The summed E-state index contributed by atoms with van der Waals surface area (Å²) in [5, 5.41) is 0. The van der Waals surface area contributed by atoms with E-state index in [-0.39, 0.29) is 17.6 Å². The third-order valence-corrected chi connectivity index (χ3v) is 3.98. The maximum Gasteiger partial charge on any atom is 0.246 e. The van der Waals surface area contributed by atoms with Gasteiger partial charge in [-0.05, 0) is 44.7 Å². The molecule has 0 spiro atoms. The largest absolute Gasteiger partial charge is 0.414 e. The molecule has 3 radical (unpaired) electrons. The summed E-state index contributed by atoms with van der Waals surface area (Å²) >= 11 is 0. The molecule has 1 nitrogen and oxygen atoms in total. The van der Waals surface area contributed by atoms with Gasteiger partial charge in [-0.2, -0.15) is 0 Å². The minimum Gasteiger partial charge on any atom is -0.414 e. The Morgan fingerprint density at radius 2 is 1.57 bits per heavy atom. The van der Waals surface area contributed by atoms with E-state index in [1.165, 1.54) is 0 Å². The van der Waals surface area contributed by atoms with Crippen LogP contribution >= 0.6 is 0 Å². The number of hydrogen-bond donors (Lipinski definition) is 0. The smallest absolute Gasteiger partial charge is 0.246 e. The molecule has 0 aliphatic carbocycles. The molecule has 0 aromatic heterocycles. The summed E-state index contributed by atoms with van der Waals surface area (Å²) in [6, 6.07) is 0.731. The number of halogens is 4. The number of unbranched alkanes of at least 4 members (excludes halogenated alkanes) is 3. The zero-order valence-electron chi connectivity index (χ0n) is 12.2. The van der Waals surface area contributed by atoms with Gasteiger partial charge in [0.15, 0.2) is 23.3 Å². The Balaban J connectivity index is 2.37. The first-order chi connectivity index (χ1) is 9.78. The van der Waals surface area contributed by atoms with E-state index in [0.29, 0.717) is 6.42 Å². The fourth-order valence-corrected chi connectivity index (χ4v) is 2.18. The highest BCUT2D eigenvalue weighted by Gasteiger charge is 2.18. The van der Waals surface area contributed by atoms with Crippen molar-refractivity contribution >= 4 is 10.5 Å². The van der Waals surface area contributed by atoms with Crippen LogP contribution < -0.4 is 0 Å². The summed E-state index contributed by atoms with van der Waals surface area (Å²) < 4.78 is 57.4. The summed E-state index contributed by atoms with van der Waals surface area (Å²) in [6.45, 7) is 3.92. The molecule has 6 heteroatoms. The van der Waals surface area contributed by atoms with E-state index in [9.17, 15) is 17.6 Å². The lowest BCUT2D eigenvalue weighted by atomic mass is 9.99. The Hall–Kier alpha value is -0.883. The second-order valence-corrected chi connectivity index (χ2v) is 5.94. The Bertz CT molecular complexity index is 477. The van der Waals surface area contributed by atoms with E-state index in [1.54, 1.807) is 0 Å². The van der Waals surface area contributed by atoms with Gasteiger partial charge in [0.1, 0.15) is 0 Å². The minimum atomic E-state index is -1.76. The highest BCUT2D eigenvalue weighted by atomic mass is 28.2. The highest BCUT2D eigenvalue weighted by Crippen LogP contribution is 2.21. The molecule has 1 aromatic rings. The lowest BCUT2D eigenvalue weighted by Crippen LogP contribution is -2.22. The van der Waals surface area contributed by atoms with Crippen LogP contribution in [0.15, 0.2) is 6.07 Å². The molecule has 0 saturated heterocycles. The van der Waals surface area contributed by atoms with Crippen LogP contribution in [-0.4, -0.2) is 16.1 Å². The van der Waals surface area contributed by atoms with Crippen molar-refractivity contribution in [1.82, 2.24) is 0 Å². The Morgan fingerprint density at radius 1 is 0.952 bits per heavy atom. The molecule has 21 heavy (non-hydrogen) atoms. The third kappa shape index (κ3) is 5.43. The van der Waals surface area contributed by atoms with Crippen LogP contribution in [0.25, 0.3) is 0 Å². The normalized spacial score (nSPS) is 12.0. The molecular formula is C15H19F4OSi. The van der Waals surface area contributed by atoms with Crippen LogP contribution in [0, 0.1) is 23.3 Å². The van der Waals surface area contributed by atoms with E-state index in [2.05, 4.69) is 10.5 Å². The van der Waals surface area contributed by atoms with E-state index in [1.807, 2.05) is 13.8 Å². The van der Waals surface area contributed by atoms with Gasteiger partial charge in [-0.15, -0.1) is 0 Å². The standard InChI is InChI=1S/C15H19F4OSi/c1-15(2,20-21)8-6-4-3-5-7-10-9-11(16)13(18)14(19)12(10)17/h9H,3-8H2,1-2H3. The van der Waals surface area contributed by atoms with Gasteiger partial charge < -0.3 is 4.43 Å². The molecule has 0 bridgehead atoms. The van der Waals surface area contributed by atoms with E-state index >= 15 is 0 Å². The van der Waals surface area contributed by atoms with Gasteiger partial charge in [-0.3, -0.25) is 0 Å². The van der Waals surface area contributed by atoms with Crippen LogP contribution in [0.2, 0.25) is 0 Å². The first-order valence-corrected chi connectivity index (χ1v) is 7.36. The molecular weight excluding hydrogens is 300 g/mol. The lowest BCUT2D eigenvalue weighted by molar-refractivity contribution is 0.109. The summed E-state index contributed by atoms with van der Waals surface area (Å²) in [5.74, 6) is -6.13. The van der Waals surface area contributed by atoms with Crippen LogP contribution in [0.1, 0.15) is 51.5 Å². The number of hydrogen-bond acceptors (Lipinski definition) is 1. The average Bonchev–Trinajstić information content (AvgIpc) is 2.45. The van der Waals surface area contributed by atoms with E-state index in [4.69, 9.17) is 4.43 Å². The van der Waals surface area contributed by atoms with Gasteiger partial charge >= 0.3 is 0 Å². The molecule has 1 aromatic carbocycles. The number of benzene rings is 1. The molecule has 0 saturated carbocycles. The number of aryl methyl sites for hydroxylation is 1. The number of rotatable bonds is 8. The molecule has 0 heterocycles. The van der Waals surface area contributed by atoms with E-state index < -0.39 is 23.3 Å². The zero-order valence-corrected chi connectivity index (χ0v) is 13.2. The quantitative estimate of drug-likeness (QED) is 0.223. The monoisotopic (exact) mass is 319 g/mol. The predicted molar refractivity (Wildman–Crippen MR) is 74.0 cm³/mol.